The minimum Gasteiger partial charge on any atom is -0.480 e. The third kappa shape index (κ3) is 13.3. The van der Waals surface area contributed by atoms with Crippen LogP contribution in [0.25, 0.3) is 0 Å². The monoisotopic (exact) mass is 643 g/mol. The van der Waals surface area contributed by atoms with Crippen LogP contribution in [0.15, 0.2) is 12.5 Å². The number of aliphatic hydroxyl groups is 1. The number of amides is 5. The summed E-state index contributed by atoms with van der Waals surface area (Å²) in [6.07, 6.45) is 1.52. The van der Waals surface area contributed by atoms with E-state index in [9.17, 15) is 39.0 Å². The number of hydrogen-bond acceptors (Lipinski definition) is 11. The quantitative estimate of drug-likeness (QED) is 0.0292. The second-order valence-corrected chi connectivity index (χ2v) is 10.0. The highest BCUT2D eigenvalue weighted by atomic mass is 32.1. The number of carboxylic acid groups (broad SMARTS) is 1. The van der Waals surface area contributed by atoms with E-state index < -0.39 is 71.8 Å². The number of aliphatic hydroxyl groups excluding tert-OH is 1. The molecule has 0 bridgehead atoms. The van der Waals surface area contributed by atoms with Crippen LogP contribution in [-0.2, 0) is 35.2 Å². The van der Waals surface area contributed by atoms with Gasteiger partial charge in [0.15, 0.2) is 12.0 Å². The van der Waals surface area contributed by atoms with Gasteiger partial charge in [0.2, 0.25) is 29.5 Å². The summed E-state index contributed by atoms with van der Waals surface area (Å²) >= 11 is 4.06. The molecule has 1 aromatic rings. The van der Waals surface area contributed by atoms with Crippen molar-refractivity contribution in [1.82, 2.24) is 41.9 Å². The zero-order valence-electron chi connectivity index (χ0n) is 24.3. The lowest BCUT2D eigenvalue weighted by molar-refractivity contribution is -0.145. The maximum absolute atomic E-state index is 13.4. The lowest BCUT2D eigenvalue weighted by atomic mass is 10.1. The Bertz CT molecular complexity index is 1150. The van der Waals surface area contributed by atoms with Crippen LogP contribution in [0.5, 0.6) is 0 Å². The Morgan fingerprint density at radius 3 is 2.09 bits per heavy atom. The van der Waals surface area contributed by atoms with E-state index in [1.54, 1.807) is 0 Å². The third-order valence-corrected chi connectivity index (χ3v) is 6.40. The lowest BCUT2D eigenvalue weighted by Gasteiger charge is -2.26. The van der Waals surface area contributed by atoms with Crippen LogP contribution in [0.2, 0.25) is 0 Å². The molecule has 0 fully saturated rings. The lowest BCUT2D eigenvalue weighted by Crippen LogP contribution is -2.60. The summed E-state index contributed by atoms with van der Waals surface area (Å²) in [4.78, 5) is 82.0. The molecule has 246 valence electrons. The molecule has 0 radical (unpaired) electrons. The van der Waals surface area contributed by atoms with Crippen molar-refractivity contribution in [3.8, 4) is 0 Å². The highest BCUT2D eigenvalue weighted by Crippen LogP contribution is 2.05. The minimum absolute atomic E-state index is 0.0176. The number of carbonyl (C=O) groups is 6. The van der Waals surface area contributed by atoms with Gasteiger partial charge in [-0.05, 0) is 26.7 Å². The topological polar surface area (TPSA) is 320 Å². The van der Waals surface area contributed by atoms with Gasteiger partial charge in [-0.15, -0.1) is 0 Å². The minimum atomic E-state index is -1.65. The molecule has 0 unspecified atom stereocenters. The van der Waals surface area contributed by atoms with Crippen molar-refractivity contribution in [2.24, 2.45) is 11.5 Å². The Morgan fingerprint density at radius 2 is 1.57 bits per heavy atom. The molecule has 6 atom stereocenters. The van der Waals surface area contributed by atoms with Gasteiger partial charge in [-0.1, -0.05) is 0 Å². The smallest absolute Gasteiger partial charge is 0.328 e. The Kier molecular flexibility index (Phi) is 16.2. The van der Waals surface area contributed by atoms with Crippen LogP contribution >= 0.6 is 12.6 Å². The highest BCUT2D eigenvalue weighted by molar-refractivity contribution is 7.80. The molecule has 1 rings (SSSR count). The molecule has 1 aromatic heterocycles. The number of nitrogens with one attached hydrogen (secondary N) is 8. The zero-order chi connectivity index (χ0) is 33.4. The molecular weight excluding hydrogens is 602 g/mol. The standard InChI is InChI=1S/C24H41N11O8S/c1-11(31-17(37)7-25)19(38)33-15(6-13-8-28-10-30-13)21(40)32-14(4-3-5-29-24(26)27)20(39)34-16(9-44)22(41)35-18(12(2)36)23(42)43/h8,10-12,14-16,18,36,44H,3-7,9,25H2,1-2H3,(H,28,30)(H,31,37)(H,32,40)(H,33,38)(H,34,39)(H,35,41)(H,42,43)(H4,26,27,29)/t11-,12+,14-,15-,16-,18-/m0/s1. The fraction of sp³-hybridized carbons (Fsp3) is 0.583. The summed E-state index contributed by atoms with van der Waals surface area (Å²) in [7, 11) is 0. The Labute approximate surface area is 258 Å². The average Bonchev–Trinajstić information content (AvgIpc) is 3.47. The maximum Gasteiger partial charge on any atom is 0.328 e. The van der Waals surface area contributed by atoms with E-state index in [1.807, 2.05) is 0 Å². The summed E-state index contributed by atoms with van der Waals surface area (Å²) < 4.78 is 0. The Balaban J connectivity index is 3.16. The zero-order valence-corrected chi connectivity index (χ0v) is 25.1. The molecule has 0 spiro atoms. The summed E-state index contributed by atoms with van der Waals surface area (Å²) in [5.74, 6) is -5.97. The van der Waals surface area contributed by atoms with Crippen LogP contribution < -0.4 is 43.4 Å². The van der Waals surface area contributed by atoms with Gasteiger partial charge < -0.3 is 58.6 Å². The van der Waals surface area contributed by atoms with Crippen molar-refractivity contribution >= 4 is 54.1 Å². The molecule has 5 amide bonds. The van der Waals surface area contributed by atoms with Gasteiger partial charge in [0.25, 0.3) is 0 Å². The predicted octanol–water partition coefficient (Wildman–Crippen LogP) is -4.99. The van der Waals surface area contributed by atoms with Gasteiger partial charge in [-0.25, -0.2) is 9.78 Å². The molecule has 0 aliphatic rings. The number of aromatic nitrogens is 2. The van der Waals surface area contributed by atoms with E-state index in [0.29, 0.717) is 5.69 Å². The number of carbonyl (C=O) groups excluding carboxylic acids is 5. The van der Waals surface area contributed by atoms with E-state index in [0.717, 1.165) is 0 Å². The van der Waals surface area contributed by atoms with Crippen molar-refractivity contribution in [2.45, 2.75) is 69.4 Å². The van der Waals surface area contributed by atoms with E-state index in [4.69, 9.17) is 16.9 Å². The molecule has 20 heteroatoms. The van der Waals surface area contributed by atoms with E-state index in [1.165, 1.54) is 26.4 Å². The first-order valence-electron chi connectivity index (χ1n) is 13.5. The van der Waals surface area contributed by atoms with E-state index in [-0.39, 0.29) is 44.1 Å². The van der Waals surface area contributed by atoms with Gasteiger partial charge in [-0.2, -0.15) is 12.6 Å². The number of hydrogen-bond donors (Lipinski definition) is 13. The van der Waals surface area contributed by atoms with Crippen LogP contribution in [0, 0.1) is 5.41 Å². The number of guanidine groups is 1. The molecular formula is C24H41N11O8S. The number of thiol groups is 1. The first kappa shape index (κ1) is 37.6. The summed E-state index contributed by atoms with van der Waals surface area (Å²) in [5, 5.41) is 40.7. The van der Waals surface area contributed by atoms with Crippen molar-refractivity contribution in [2.75, 3.05) is 18.8 Å². The van der Waals surface area contributed by atoms with E-state index in [2.05, 4.69) is 54.5 Å². The maximum atomic E-state index is 13.4. The number of aliphatic carboxylic acids is 1. The normalized spacial score (nSPS) is 14.8. The molecule has 0 aliphatic heterocycles. The summed E-state index contributed by atoms with van der Waals surface area (Å²) in [6, 6.07) is -6.61. The van der Waals surface area contributed by atoms with Crippen LogP contribution in [0.3, 0.4) is 0 Å². The van der Waals surface area contributed by atoms with Crippen molar-refractivity contribution in [3.63, 3.8) is 0 Å². The fourth-order valence-corrected chi connectivity index (χ4v) is 3.92. The number of aromatic amines is 1. The number of carboxylic acids is 1. The predicted molar refractivity (Wildman–Crippen MR) is 159 cm³/mol. The number of nitrogens with two attached hydrogens (primary N) is 2. The first-order chi connectivity index (χ1) is 20.7. The highest BCUT2D eigenvalue weighted by Gasteiger charge is 2.32. The van der Waals surface area contributed by atoms with Gasteiger partial charge in [0.05, 0.1) is 24.7 Å². The van der Waals surface area contributed by atoms with Gasteiger partial charge >= 0.3 is 5.97 Å². The Morgan fingerprint density at radius 1 is 0.977 bits per heavy atom. The molecule has 0 aliphatic carbocycles. The number of imidazole rings is 1. The molecule has 44 heavy (non-hydrogen) atoms. The van der Waals surface area contributed by atoms with Gasteiger partial charge in [0.1, 0.15) is 24.2 Å². The number of H-pyrrole nitrogens is 1. The Hall–Kier alpha value is -4.43. The van der Waals surface area contributed by atoms with Crippen molar-refractivity contribution < 1.29 is 39.0 Å². The number of rotatable bonds is 19. The molecule has 1 heterocycles. The second kappa shape index (κ2) is 19.0. The fourth-order valence-electron chi connectivity index (χ4n) is 3.66. The largest absolute Gasteiger partial charge is 0.480 e. The van der Waals surface area contributed by atoms with Crippen LogP contribution in [0.1, 0.15) is 32.4 Å². The number of nitrogens with zero attached hydrogens (tertiary/aromatic N) is 1. The molecule has 0 aromatic carbocycles. The summed E-state index contributed by atoms with van der Waals surface area (Å²) in [6.45, 7) is 2.36. The van der Waals surface area contributed by atoms with Crippen molar-refractivity contribution in [3.05, 3.63) is 18.2 Å². The van der Waals surface area contributed by atoms with Gasteiger partial charge in [0, 0.05) is 24.9 Å². The molecule has 0 saturated heterocycles. The third-order valence-electron chi connectivity index (χ3n) is 6.04. The van der Waals surface area contributed by atoms with Crippen LogP contribution in [-0.4, -0.2) is 117 Å². The van der Waals surface area contributed by atoms with E-state index >= 15 is 0 Å². The van der Waals surface area contributed by atoms with Crippen molar-refractivity contribution in [1.29, 1.82) is 5.41 Å². The molecule has 14 N–H and O–H groups in total. The summed E-state index contributed by atoms with van der Waals surface area (Å²) in [5.41, 5.74) is 11.0. The SMILES string of the molecule is C[C@H](NC(=O)CN)C(=O)N[C@@H](Cc1c[nH]cn1)C(=O)N[C@@H](CCCNC(=N)N)C(=O)N[C@@H](CS)C(=O)N[C@H](C(=O)O)[C@@H](C)O. The molecule has 19 nitrogen and oxygen atoms in total. The molecule has 0 saturated carbocycles. The first-order valence-corrected chi connectivity index (χ1v) is 14.1. The second-order valence-electron chi connectivity index (χ2n) is 9.67. The van der Waals surface area contributed by atoms with Crippen LogP contribution in [0.4, 0.5) is 0 Å². The average molecular weight is 644 g/mol. The van der Waals surface area contributed by atoms with Gasteiger partial charge in [-0.3, -0.25) is 29.4 Å².